The minimum Gasteiger partial charge on any atom is -0.352 e. The van der Waals surface area contributed by atoms with E-state index in [4.69, 9.17) is 4.52 Å². The number of amides is 1. The summed E-state index contributed by atoms with van der Waals surface area (Å²) in [5.41, 5.74) is 2.11. The first kappa shape index (κ1) is 17.4. The van der Waals surface area contributed by atoms with Crippen molar-refractivity contribution in [2.24, 2.45) is 5.92 Å². The number of likely N-dealkylation sites (tertiary alicyclic amines) is 1. The molecule has 0 aliphatic carbocycles. The predicted molar refractivity (Wildman–Crippen MR) is 95.7 cm³/mol. The van der Waals surface area contributed by atoms with Crippen molar-refractivity contribution >= 4 is 5.91 Å². The van der Waals surface area contributed by atoms with Crippen LogP contribution in [0.2, 0.25) is 0 Å². The minimum atomic E-state index is 0.0113. The Kier molecular flexibility index (Phi) is 5.60. The van der Waals surface area contributed by atoms with Gasteiger partial charge in [0.1, 0.15) is 0 Å². The summed E-state index contributed by atoms with van der Waals surface area (Å²) in [6, 6.07) is 8.01. The summed E-state index contributed by atoms with van der Waals surface area (Å²) < 4.78 is 5.38. The summed E-state index contributed by atoms with van der Waals surface area (Å²) in [6.07, 6.45) is 3.61. The predicted octanol–water partition coefficient (Wildman–Crippen LogP) is 2.56. The molecule has 25 heavy (non-hydrogen) atoms. The van der Waals surface area contributed by atoms with Gasteiger partial charge in [0.2, 0.25) is 5.91 Å². The number of aromatic nitrogens is 2. The molecule has 0 unspecified atom stereocenters. The van der Waals surface area contributed by atoms with Gasteiger partial charge in [-0.2, -0.15) is 4.98 Å². The highest BCUT2D eigenvalue weighted by molar-refractivity contribution is 5.79. The zero-order chi connectivity index (χ0) is 17.6. The monoisotopic (exact) mass is 340 g/mol. The highest BCUT2D eigenvalue weighted by Gasteiger charge is 2.26. The van der Waals surface area contributed by atoms with Crippen molar-refractivity contribution in [3.8, 4) is 11.5 Å². The second kappa shape index (κ2) is 8.07. The molecule has 0 bridgehead atoms. The molecule has 0 saturated carbocycles. The number of aryl methyl sites for hydroxylation is 1. The number of nitrogens with zero attached hydrogens (tertiary/aromatic N) is 3. The molecule has 1 amide bonds. The third-order valence-corrected chi connectivity index (χ3v) is 4.43. The van der Waals surface area contributed by atoms with Crippen molar-refractivity contribution in [1.29, 1.82) is 0 Å². The molecular formula is C19H24N4O2. The maximum Gasteiger partial charge on any atom is 0.257 e. The van der Waals surface area contributed by atoms with Crippen molar-refractivity contribution in [1.82, 2.24) is 20.4 Å². The molecule has 0 radical (unpaired) electrons. The number of carbonyl (C=O) groups excluding carboxylic acids is 1. The lowest BCUT2D eigenvalue weighted by molar-refractivity contribution is -0.126. The molecule has 6 nitrogen and oxygen atoms in total. The zero-order valence-corrected chi connectivity index (χ0v) is 14.6. The van der Waals surface area contributed by atoms with Crippen LogP contribution in [0.5, 0.6) is 0 Å². The third kappa shape index (κ3) is 4.54. The maximum atomic E-state index is 12.1. The summed E-state index contributed by atoms with van der Waals surface area (Å²) in [5.74, 6) is 1.30. The van der Waals surface area contributed by atoms with Gasteiger partial charge in [-0.15, -0.1) is 6.58 Å². The number of benzene rings is 1. The number of hydrogen-bond acceptors (Lipinski definition) is 5. The van der Waals surface area contributed by atoms with Crippen LogP contribution in [0.1, 0.15) is 24.2 Å². The molecular weight excluding hydrogens is 316 g/mol. The van der Waals surface area contributed by atoms with E-state index in [9.17, 15) is 4.79 Å². The van der Waals surface area contributed by atoms with E-state index < -0.39 is 0 Å². The van der Waals surface area contributed by atoms with Gasteiger partial charge in [0.15, 0.2) is 5.82 Å². The van der Waals surface area contributed by atoms with Gasteiger partial charge in [0.05, 0.1) is 12.5 Å². The van der Waals surface area contributed by atoms with Crippen LogP contribution in [0.4, 0.5) is 0 Å². The van der Waals surface area contributed by atoms with Crippen LogP contribution in [0.25, 0.3) is 11.5 Å². The van der Waals surface area contributed by atoms with E-state index in [1.165, 1.54) is 5.56 Å². The van der Waals surface area contributed by atoms with Crippen molar-refractivity contribution in [2.45, 2.75) is 26.3 Å². The lowest BCUT2D eigenvalue weighted by atomic mass is 9.97. The van der Waals surface area contributed by atoms with Gasteiger partial charge in [0, 0.05) is 18.7 Å². The number of piperidine rings is 1. The Morgan fingerprint density at radius 1 is 1.44 bits per heavy atom. The second-order valence-corrected chi connectivity index (χ2v) is 6.49. The Balaban J connectivity index is 1.59. The number of nitrogens with one attached hydrogen (secondary N) is 1. The average Bonchev–Trinajstić information content (AvgIpc) is 3.09. The van der Waals surface area contributed by atoms with Gasteiger partial charge < -0.3 is 9.84 Å². The molecule has 1 aromatic carbocycles. The van der Waals surface area contributed by atoms with E-state index in [-0.39, 0.29) is 11.8 Å². The van der Waals surface area contributed by atoms with Crippen LogP contribution in [0.15, 0.2) is 41.4 Å². The van der Waals surface area contributed by atoms with E-state index in [0.29, 0.717) is 24.8 Å². The van der Waals surface area contributed by atoms with Crippen LogP contribution in [-0.4, -0.2) is 40.6 Å². The first-order chi connectivity index (χ1) is 12.2. The smallest absolute Gasteiger partial charge is 0.257 e. The molecule has 1 aliphatic rings. The van der Waals surface area contributed by atoms with Crippen LogP contribution >= 0.6 is 0 Å². The average molecular weight is 340 g/mol. The second-order valence-electron chi connectivity index (χ2n) is 6.49. The van der Waals surface area contributed by atoms with Gasteiger partial charge in [-0.05, 0) is 38.4 Å². The van der Waals surface area contributed by atoms with E-state index in [0.717, 1.165) is 31.5 Å². The normalized spacial score (nSPS) is 18.0. The molecule has 1 N–H and O–H groups in total. The Morgan fingerprint density at radius 3 is 3.00 bits per heavy atom. The lowest BCUT2D eigenvalue weighted by Gasteiger charge is -2.30. The van der Waals surface area contributed by atoms with Crippen molar-refractivity contribution in [2.75, 3.05) is 19.6 Å². The van der Waals surface area contributed by atoms with E-state index in [2.05, 4.69) is 26.9 Å². The SMILES string of the molecule is C=CCNC(=O)[C@@H]1CCCN(Cc2noc(-c3ccc(C)cc3)n2)C1. The van der Waals surface area contributed by atoms with Crippen LogP contribution in [0, 0.1) is 12.8 Å². The lowest BCUT2D eigenvalue weighted by Crippen LogP contribution is -2.42. The fourth-order valence-electron chi connectivity index (χ4n) is 3.06. The first-order valence-electron chi connectivity index (χ1n) is 8.66. The molecule has 1 fully saturated rings. The molecule has 6 heteroatoms. The first-order valence-corrected chi connectivity index (χ1v) is 8.66. The fourth-order valence-corrected chi connectivity index (χ4v) is 3.06. The fraction of sp³-hybridized carbons (Fsp3) is 0.421. The number of rotatable bonds is 6. The standard InChI is InChI=1S/C19H24N4O2/c1-3-10-20-18(24)16-5-4-11-23(12-16)13-17-21-19(25-22-17)15-8-6-14(2)7-9-15/h3,6-9,16H,1,4-5,10-13H2,2H3,(H,20,24)/t16-/m1/s1. The third-order valence-electron chi connectivity index (χ3n) is 4.43. The summed E-state index contributed by atoms with van der Waals surface area (Å²) in [4.78, 5) is 18.8. The molecule has 2 heterocycles. The highest BCUT2D eigenvalue weighted by Crippen LogP contribution is 2.21. The van der Waals surface area contributed by atoms with E-state index in [1.54, 1.807) is 6.08 Å². The van der Waals surface area contributed by atoms with Crippen molar-refractivity contribution in [3.05, 3.63) is 48.3 Å². The highest BCUT2D eigenvalue weighted by atomic mass is 16.5. The van der Waals surface area contributed by atoms with Gasteiger partial charge in [0.25, 0.3) is 5.89 Å². The van der Waals surface area contributed by atoms with Crippen LogP contribution in [-0.2, 0) is 11.3 Å². The Bertz CT molecular complexity index is 723. The molecule has 3 rings (SSSR count). The molecule has 0 spiro atoms. The topological polar surface area (TPSA) is 71.3 Å². The quantitative estimate of drug-likeness (QED) is 0.818. The van der Waals surface area contributed by atoms with Crippen molar-refractivity contribution in [3.63, 3.8) is 0 Å². The van der Waals surface area contributed by atoms with E-state index >= 15 is 0 Å². The summed E-state index contributed by atoms with van der Waals surface area (Å²) in [6.45, 7) is 8.45. The summed E-state index contributed by atoms with van der Waals surface area (Å²) in [7, 11) is 0. The number of hydrogen-bond donors (Lipinski definition) is 1. The molecule has 1 saturated heterocycles. The molecule has 132 valence electrons. The van der Waals surface area contributed by atoms with Gasteiger partial charge in [-0.1, -0.05) is 28.9 Å². The molecule has 2 aromatic rings. The van der Waals surface area contributed by atoms with Gasteiger partial charge in [-0.25, -0.2) is 0 Å². The van der Waals surface area contributed by atoms with Gasteiger partial charge in [-0.3, -0.25) is 9.69 Å². The summed E-state index contributed by atoms with van der Waals surface area (Å²) in [5, 5.41) is 6.97. The molecule has 1 aliphatic heterocycles. The van der Waals surface area contributed by atoms with Crippen LogP contribution in [0.3, 0.4) is 0 Å². The zero-order valence-electron chi connectivity index (χ0n) is 14.6. The Morgan fingerprint density at radius 2 is 2.24 bits per heavy atom. The van der Waals surface area contributed by atoms with Gasteiger partial charge >= 0.3 is 0 Å². The molecule has 1 aromatic heterocycles. The van der Waals surface area contributed by atoms with Crippen LogP contribution < -0.4 is 5.32 Å². The minimum absolute atomic E-state index is 0.0113. The number of carbonyl (C=O) groups is 1. The Hall–Kier alpha value is -2.47. The van der Waals surface area contributed by atoms with Crippen molar-refractivity contribution < 1.29 is 9.32 Å². The molecule has 1 atom stereocenters. The van der Waals surface area contributed by atoms with E-state index in [1.807, 2.05) is 31.2 Å². The Labute approximate surface area is 147 Å². The summed E-state index contributed by atoms with van der Waals surface area (Å²) >= 11 is 0. The maximum absolute atomic E-state index is 12.1. The largest absolute Gasteiger partial charge is 0.352 e.